The zero-order chi connectivity index (χ0) is 19.8. The van der Waals surface area contributed by atoms with Crippen LogP contribution in [0.2, 0.25) is 0 Å². The highest BCUT2D eigenvalue weighted by Crippen LogP contribution is 2.31. The number of aliphatic imine (C=N–C) groups is 1. The van der Waals surface area contributed by atoms with Gasteiger partial charge in [-0.1, -0.05) is 31.3 Å². The molecule has 158 valence electrons. The monoisotopic (exact) mass is 391 g/mol. The lowest BCUT2D eigenvalue weighted by atomic mass is 9.84. The van der Waals surface area contributed by atoms with Crippen molar-refractivity contribution in [2.24, 2.45) is 4.99 Å². The van der Waals surface area contributed by atoms with Crippen molar-refractivity contribution in [3.05, 3.63) is 17.5 Å². The summed E-state index contributed by atoms with van der Waals surface area (Å²) in [6, 6.07) is 2.02. The van der Waals surface area contributed by atoms with E-state index in [1.807, 2.05) is 20.0 Å². The Labute approximate surface area is 169 Å². The number of nitrogens with zero attached hydrogens (tertiary/aromatic N) is 4. The van der Waals surface area contributed by atoms with E-state index in [0.717, 1.165) is 82.6 Å². The van der Waals surface area contributed by atoms with Crippen LogP contribution in [0.4, 0.5) is 0 Å². The number of piperazine rings is 1. The minimum atomic E-state index is -0.0170. The molecular formula is C21H37N5O2. The summed E-state index contributed by atoms with van der Waals surface area (Å²) in [5, 5.41) is 7.74. The molecule has 0 spiro atoms. The quantitative estimate of drug-likeness (QED) is 0.569. The molecule has 1 N–H and O–H groups in total. The van der Waals surface area contributed by atoms with E-state index in [-0.39, 0.29) is 5.60 Å². The van der Waals surface area contributed by atoms with E-state index in [4.69, 9.17) is 9.26 Å². The largest absolute Gasteiger partial charge is 0.373 e. The molecule has 28 heavy (non-hydrogen) atoms. The maximum Gasteiger partial charge on any atom is 0.193 e. The molecule has 7 heteroatoms. The SMILES string of the molecule is CCCOC1(CNC(=NC)N2CCN(Cc3cc(C)on3)CC2)CCCCC1. The van der Waals surface area contributed by atoms with Gasteiger partial charge in [-0.25, -0.2) is 0 Å². The molecule has 1 aromatic rings. The lowest BCUT2D eigenvalue weighted by molar-refractivity contribution is -0.0660. The van der Waals surface area contributed by atoms with Crippen LogP contribution >= 0.6 is 0 Å². The van der Waals surface area contributed by atoms with Crippen molar-refractivity contribution in [3.63, 3.8) is 0 Å². The molecule has 2 fully saturated rings. The third-order valence-electron chi connectivity index (χ3n) is 5.89. The van der Waals surface area contributed by atoms with Gasteiger partial charge in [0.05, 0.1) is 11.3 Å². The fourth-order valence-corrected chi connectivity index (χ4v) is 4.30. The number of hydrogen-bond acceptors (Lipinski definition) is 5. The summed E-state index contributed by atoms with van der Waals surface area (Å²) in [5.41, 5.74) is 0.998. The van der Waals surface area contributed by atoms with Gasteiger partial charge in [0, 0.05) is 59.0 Å². The van der Waals surface area contributed by atoms with Gasteiger partial charge in [-0.05, 0) is 26.2 Å². The van der Waals surface area contributed by atoms with Crippen molar-refractivity contribution >= 4 is 5.96 Å². The minimum Gasteiger partial charge on any atom is -0.373 e. The third-order valence-corrected chi connectivity index (χ3v) is 5.89. The third kappa shape index (κ3) is 5.70. The van der Waals surface area contributed by atoms with Crippen LogP contribution in [0.3, 0.4) is 0 Å². The maximum atomic E-state index is 6.33. The zero-order valence-corrected chi connectivity index (χ0v) is 17.9. The lowest BCUT2D eigenvalue weighted by Gasteiger charge is -2.40. The Morgan fingerprint density at radius 3 is 2.61 bits per heavy atom. The molecule has 0 amide bonds. The van der Waals surface area contributed by atoms with Gasteiger partial charge in [-0.2, -0.15) is 0 Å². The van der Waals surface area contributed by atoms with E-state index in [0.29, 0.717) is 0 Å². The molecule has 0 aromatic carbocycles. The van der Waals surface area contributed by atoms with Crippen molar-refractivity contribution in [1.29, 1.82) is 0 Å². The van der Waals surface area contributed by atoms with Crippen LogP contribution in [0.1, 0.15) is 56.9 Å². The lowest BCUT2D eigenvalue weighted by Crippen LogP contribution is -2.55. The molecule has 0 atom stereocenters. The average molecular weight is 392 g/mol. The van der Waals surface area contributed by atoms with Crippen LogP contribution in [0.25, 0.3) is 0 Å². The molecule has 1 aliphatic carbocycles. The summed E-state index contributed by atoms with van der Waals surface area (Å²) in [7, 11) is 1.88. The second-order valence-corrected chi connectivity index (χ2v) is 8.18. The highest BCUT2D eigenvalue weighted by Gasteiger charge is 2.33. The highest BCUT2D eigenvalue weighted by molar-refractivity contribution is 5.80. The van der Waals surface area contributed by atoms with Gasteiger partial charge >= 0.3 is 0 Å². The van der Waals surface area contributed by atoms with Gasteiger partial charge in [0.2, 0.25) is 0 Å². The van der Waals surface area contributed by atoms with Crippen molar-refractivity contribution in [2.75, 3.05) is 46.4 Å². The molecule has 7 nitrogen and oxygen atoms in total. The fourth-order valence-electron chi connectivity index (χ4n) is 4.30. The first-order valence-electron chi connectivity index (χ1n) is 10.9. The van der Waals surface area contributed by atoms with Crippen LogP contribution in [0.15, 0.2) is 15.6 Å². The number of nitrogens with one attached hydrogen (secondary N) is 1. The predicted molar refractivity (Wildman–Crippen MR) is 112 cm³/mol. The molecule has 1 saturated heterocycles. The van der Waals surface area contributed by atoms with E-state index in [1.54, 1.807) is 0 Å². The summed E-state index contributed by atoms with van der Waals surface area (Å²) >= 11 is 0. The Morgan fingerprint density at radius 2 is 2.00 bits per heavy atom. The number of aryl methyl sites for hydroxylation is 1. The Kier molecular flexibility index (Phi) is 7.73. The van der Waals surface area contributed by atoms with Crippen molar-refractivity contribution in [1.82, 2.24) is 20.3 Å². The van der Waals surface area contributed by atoms with Crippen molar-refractivity contribution < 1.29 is 9.26 Å². The molecular weight excluding hydrogens is 354 g/mol. The van der Waals surface area contributed by atoms with E-state index in [2.05, 4.69) is 32.2 Å². The topological polar surface area (TPSA) is 66.1 Å². The maximum absolute atomic E-state index is 6.33. The Bertz CT molecular complexity index is 616. The van der Waals surface area contributed by atoms with Crippen LogP contribution in [0, 0.1) is 6.92 Å². The molecule has 1 saturated carbocycles. The van der Waals surface area contributed by atoms with Crippen LogP contribution in [-0.2, 0) is 11.3 Å². The summed E-state index contributed by atoms with van der Waals surface area (Å²) in [6.45, 7) is 10.6. The molecule has 2 heterocycles. The summed E-state index contributed by atoms with van der Waals surface area (Å²) in [5.74, 6) is 1.88. The molecule has 1 aliphatic heterocycles. The van der Waals surface area contributed by atoms with E-state index in [1.165, 1.54) is 19.3 Å². The number of guanidine groups is 1. The zero-order valence-electron chi connectivity index (χ0n) is 17.9. The van der Waals surface area contributed by atoms with Gasteiger partial charge < -0.3 is 19.5 Å². The molecule has 0 radical (unpaired) electrons. The highest BCUT2D eigenvalue weighted by atomic mass is 16.5. The van der Waals surface area contributed by atoms with Gasteiger partial charge in [-0.15, -0.1) is 0 Å². The second kappa shape index (κ2) is 10.3. The van der Waals surface area contributed by atoms with Gasteiger partial charge in [0.15, 0.2) is 5.96 Å². The molecule has 1 aromatic heterocycles. The van der Waals surface area contributed by atoms with Crippen molar-refractivity contribution in [3.8, 4) is 0 Å². The number of hydrogen-bond donors (Lipinski definition) is 1. The number of ether oxygens (including phenoxy) is 1. The van der Waals surface area contributed by atoms with Crippen LogP contribution in [0.5, 0.6) is 0 Å². The summed E-state index contributed by atoms with van der Waals surface area (Å²) < 4.78 is 11.5. The average Bonchev–Trinajstić information content (AvgIpc) is 3.13. The summed E-state index contributed by atoms with van der Waals surface area (Å²) in [6.07, 6.45) is 7.25. The number of rotatable bonds is 7. The minimum absolute atomic E-state index is 0.0170. The van der Waals surface area contributed by atoms with Crippen LogP contribution < -0.4 is 5.32 Å². The second-order valence-electron chi connectivity index (χ2n) is 8.18. The number of aromatic nitrogens is 1. The first-order valence-corrected chi connectivity index (χ1v) is 10.9. The first kappa shape index (κ1) is 21.1. The molecule has 3 rings (SSSR count). The van der Waals surface area contributed by atoms with Gasteiger partial charge in [0.25, 0.3) is 0 Å². The van der Waals surface area contributed by atoms with Gasteiger partial charge in [0.1, 0.15) is 5.76 Å². The smallest absolute Gasteiger partial charge is 0.193 e. The van der Waals surface area contributed by atoms with E-state index in [9.17, 15) is 0 Å². The van der Waals surface area contributed by atoms with E-state index < -0.39 is 0 Å². The Balaban J connectivity index is 1.48. The Morgan fingerprint density at radius 1 is 1.25 bits per heavy atom. The van der Waals surface area contributed by atoms with Crippen LogP contribution in [-0.4, -0.2) is 72.9 Å². The van der Waals surface area contributed by atoms with Gasteiger partial charge in [-0.3, -0.25) is 9.89 Å². The first-order chi connectivity index (χ1) is 13.6. The molecule has 2 aliphatic rings. The Hall–Kier alpha value is -1.60. The fraction of sp³-hybridized carbons (Fsp3) is 0.810. The molecule has 0 unspecified atom stereocenters. The molecule has 0 bridgehead atoms. The van der Waals surface area contributed by atoms with E-state index >= 15 is 0 Å². The predicted octanol–water partition coefficient (Wildman–Crippen LogP) is 2.81. The summed E-state index contributed by atoms with van der Waals surface area (Å²) in [4.78, 5) is 9.34. The normalized spacial score (nSPS) is 21.1. The van der Waals surface area contributed by atoms with Crippen molar-refractivity contribution in [2.45, 2.75) is 64.5 Å². The standard InChI is InChI=1S/C21H37N5O2/c1-4-14-27-21(8-6-5-7-9-21)17-23-20(22-3)26-12-10-25(11-13-26)16-19-15-18(2)28-24-19/h15H,4-14,16-17H2,1-3H3,(H,22,23).